The molecule has 0 aliphatic rings. The number of aromatic nitrogens is 2. The predicted molar refractivity (Wildman–Crippen MR) is 86.4 cm³/mol. The Labute approximate surface area is 130 Å². The molecule has 2 rings (SSSR count). The summed E-state index contributed by atoms with van der Waals surface area (Å²) in [5.41, 5.74) is 2.43. The van der Waals surface area contributed by atoms with Gasteiger partial charge in [0.2, 0.25) is 0 Å². The van der Waals surface area contributed by atoms with E-state index in [1.54, 1.807) is 10.8 Å². The number of allylic oxidation sites excluding steroid dienone is 1. The number of aliphatic carboxylic acids is 1. The second kappa shape index (κ2) is 6.64. The zero-order valence-electron chi connectivity index (χ0n) is 13.3. The molecule has 0 radical (unpaired) electrons. The van der Waals surface area contributed by atoms with E-state index in [9.17, 15) is 9.90 Å². The minimum atomic E-state index is -0.868. The fourth-order valence-electron chi connectivity index (χ4n) is 2.69. The first-order chi connectivity index (χ1) is 10.5. The molecule has 5 nitrogen and oxygen atoms in total. The maximum absolute atomic E-state index is 11.7. The maximum atomic E-state index is 11.7. The van der Waals surface area contributed by atoms with Crippen LogP contribution in [0.25, 0.3) is 10.9 Å². The summed E-state index contributed by atoms with van der Waals surface area (Å²) >= 11 is 0. The van der Waals surface area contributed by atoms with Crippen molar-refractivity contribution in [3.05, 3.63) is 36.0 Å². The van der Waals surface area contributed by atoms with Crippen molar-refractivity contribution in [1.82, 2.24) is 9.78 Å². The highest BCUT2D eigenvalue weighted by molar-refractivity contribution is 5.91. The Morgan fingerprint density at radius 1 is 1.55 bits per heavy atom. The summed E-state index contributed by atoms with van der Waals surface area (Å²) in [6, 6.07) is 3.76. The number of aryl methyl sites for hydroxylation is 2. The molecule has 0 amide bonds. The van der Waals surface area contributed by atoms with Gasteiger partial charge in [0.25, 0.3) is 0 Å². The van der Waals surface area contributed by atoms with Crippen LogP contribution in [0.5, 0.6) is 5.75 Å². The van der Waals surface area contributed by atoms with Crippen molar-refractivity contribution in [2.24, 2.45) is 7.05 Å². The molecule has 0 aliphatic carbocycles. The van der Waals surface area contributed by atoms with Crippen LogP contribution in [0.15, 0.2) is 24.8 Å². The first kappa shape index (κ1) is 16.1. The van der Waals surface area contributed by atoms with Crippen LogP contribution in [0, 0.1) is 6.92 Å². The molecule has 0 bridgehead atoms. The summed E-state index contributed by atoms with van der Waals surface area (Å²) < 4.78 is 7.46. The smallest absolute Gasteiger partial charge is 0.311 e. The number of carboxylic acids is 1. The van der Waals surface area contributed by atoms with E-state index in [1.807, 2.05) is 33.0 Å². The van der Waals surface area contributed by atoms with E-state index in [1.165, 1.54) is 0 Å². The maximum Gasteiger partial charge on any atom is 0.311 e. The van der Waals surface area contributed by atoms with Crippen molar-refractivity contribution in [3.63, 3.8) is 0 Å². The molecule has 22 heavy (non-hydrogen) atoms. The lowest BCUT2D eigenvalue weighted by Crippen LogP contribution is -2.12. The van der Waals surface area contributed by atoms with Gasteiger partial charge in [0.05, 0.1) is 23.7 Å². The molecule has 0 spiro atoms. The van der Waals surface area contributed by atoms with E-state index < -0.39 is 11.9 Å². The Bertz CT molecular complexity index is 703. The van der Waals surface area contributed by atoms with Crippen LogP contribution in [0.4, 0.5) is 0 Å². The van der Waals surface area contributed by atoms with Gasteiger partial charge < -0.3 is 9.84 Å². The zero-order chi connectivity index (χ0) is 16.3. The summed E-state index contributed by atoms with van der Waals surface area (Å²) in [7, 11) is 1.83. The molecule has 5 heteroatoms. The second-order valence-corrected chi connectivity index (χ2v) is 5.38. The third kappa shape index (κ3) is 2.98. The summed E-state index contributed by atoms with van der Waals surface area (Å²) in [5.74, 6) is -0.830. The lowest BCUT2D eigenvalue weighted by molar-refractivity contribution is -0.138. The van der Waals surface area contributed by atoms with Gasteiger partial charge in [-0.05, 0) is 37.5 Å². The number of carboxylic acid groups (broad SMARTS) is 1. The first-order valence-corrected chi connectivity index (χ1v) is 7.43. The quantitative estimate of drug-likeness (QED) is 0.796. The van der Waals surface area contributed by atoms with Crippen LogP contribution < -0.4 is 4.74 Å². The van der Waals surface area contributed by atoms with E-state index in [0.29, 0.717) is 18.8 Å². The van der Waals surface area contributed by atoms with Crippen molar-refractivity contribution < 1.29 is 14.6 Å². The molecule has 118 valence electrons. The number of carbonyl (C=O) groups is 1. The SMILES string of the molecule is C=CCC(C(=O)O)c1cc(OCCC)cc2c(C)nn(C)c12. The zero-order valence-corrected chi connectivity index (χ0v) is 13.3. The third-order valence-electron chi connectivity index (χ3n) is 3.68. The van der Waals surface area contributed by atoms with Crippen molar-refractivity contribution in [1.29, 1.82) is 0 Å². The van der Waals surface area contributed by atoms with Gasteiger partial charge >= 0.3 is 5.97 Å². The molecule has 1 aromatic heterocycles. The second-order valence-electron chi connectivity index (χ2n) is 5.38. The molecule has 1 unspecified atom stereocenters. The Balaban J connectivity index is 2.67. The Hall–Kier alpha value is -2.30. The molecule has 2 aromatic rings. The van der Waals surface area contributed by atoms with Crippen LogP contribution in [0.2, 0.25) is 0 Å². The molecule has 1 N–H and O–H groups in total. The topological polar surface area (TPSA) is 64.3 Å². The Morgan fingerprint density at radius 2 is 2.27 bits per heavy atom. The first-order valence-electron chi connectivity index (χ1n) is 7.43. The number of hydrogen-bond donors (Lipinski definition) is 1. The van der Waals surface area contributed by atoms with Crippen LogP contribution in [-0.2, 0) is 11.8 Å². The molecule has 1 atom stereocenters. The lowest BCUT2D eigenvalue weighted by Gasteiger charge is -2.15. The standard InChI is InChI=1S/C17H22N2O3/c1-5-7-13(17(20)21)15-10-12(22-8-6-2)9-14-11(3)18-19(4)16(14)15/h5,9-10,13H,1,6-8H2,2-4H3,(H,20,21). The summed E-state index contributed by atoms with van der Waals surface area (Å²) in [6.07, 6.45) is 2.90. The van der Waals surface area contributed by atoms with Crippen LogP contribution in [0.3, 0.4) is 0 Å². The number of nitrogens with zero attached hydrogens (tertiary/aromatic N) is 2. The molecule has 0 aliphatic heterocycles. The third-order valence-corrected chi connectivity index (χ3v) is 3.68. The summed E-state index contributed by atoms with van der Waals surface area (Å²) in [4.78, 5) is 11.7. The van der Waals surface area contributed by atoms with Gasteiger partial charge in [-0.3, -0.25) is 9.48 Å². The van der Waals surface area contributed by atoms with Crippen LogP contribution >= 0.6 is 0 Å². The van der Waals surface area contributed by atoms with E-state index >= 15 is 0 Å². The lowest BCUT2D eigenvalue weighted by atomic mass is 9.93. The normalized spacial score (nSPS) is 12.3. The minimum absolute atomic E-state index is 0.367. The fraction of sp³-hybridized carbons (Fsp3) is 0.412. The van der Waals surface area contributed by atoms with Crippen molar-refractivity contribution in [2.75, 3.05) is 6.61 Å². The van der Waals surface area contributed by atoms with Crippen molar-refractivity contribution in [3.8, 4) is 5.75 Å². The van der Waals surface area contributed by atoms with Gasteiger partial charge in [0, 0.05) is 12.4 Å². The number of hydrogen-bond acceptors (Lipinski definition) is 3. The van der Waals surface area contributed by atoms with Crippen LogP contribution in [-0.4, -0.2) is 27.5 Å². The molecule has 0 saturated carbocycles. The Kier molecular flexibility index (Phi) is 4.85. The highest BCUT2D eigenvalue weighted by Crippen LogP contribution is 2.34. The van der Waals surface area contributed by atoms with E-state index in [0.717, 1.165) is 28.6 Å². The predicted octanol–water partition coefficient (Wildman–Crippen LogP) is 3.41. The van der Waals surface area contributed by atoms with Gasteiger partial charge in [0.15, 0.2) is 0 Å². The molecule has 1 heterocycles. The van der Waals surface area contributed by atoms with E-state index in [2.05, 4.69) is 11.7 Å². The summed E-state index contributed by atoms with van der Waals surface area (Å²) in [5, 5.41) is 14.9. The average Bonchev–Trinajstić information content (AvgIpc) is 2.76. The van der Waals surface area contributed by atoms with Crippen LogP contribution in [0.1, 0.15) is 36.9 Å². The molecular formula is C17H22N2O3. The molecular weight excluding hydrogens is 280 g/mol. The van der Waals surface area contributed by atoms with E-state index in [-0.39, 0.29) is 0 Å². The highest BCUT2D eigenvalue weighted by atomic mass is 16.5. The molecule has 1 aromatic carbocycles. The van der Waals surface area contributed by atoms with Gasteiger partial charge in [0.1, 0.15) is 5.75 Å². The van der Waals surface area contributed by atoms with Gasteiger partial charge in [-0.25, -0.2) is 0 Å². The number of fused-ring (bicyclic) bond motifs is 1. The van der Waals surface area contributed by atoms with Gasteiger partial charge in [-0.15, -0.1) is 6.58 Å². The van der Waals surface area contributed by atoms with E-state index in [4.69, 9.17) is 4.74 Å². The largest absolute Gasteiger partial charge is 0.494 e. The van der Waals surface area contributed by atoms with Gasteiger partial charge in [-0.2, -0.15) is 5.10 Å². The van der Waals surface area contributed by atoms with Crippen molar-refractivity contribution >= 4 is 16.9 Å². The Morgan fingerprint density at radius 3 is 2.86 bits per heavy atom. The summed E-state index contributed by atoms with van der Waals surface area (Å²) in [6.45, 7) is 8.22. The number of benzene rings is 1. The highest BCUT2D eigenvalue weighted by Gasteiger charge is 2.24. The monoisotopic (exact) mass is 302 g/mol. The minimum Gasteiger partial charge on any atom is -0.494 e. The fourth-order valence-corrected chi connectivity index (χ4v) is 2.69. The average molecular weight is 302 g/mol. The van der Waals surface area contributed by atoms with Crippen molar-refractivity contribution in [2.45, 2.75) is 32.6 Å². The number of ether oxygens (including phenoxy) is 1. The molecule has 0 fully saturated rings. The molecule has 0 saturated heterocycles. The number of rotatable bonds is 7. The van der Waals surface area contributed by atoms with Gasteiger partial charge in [-0.1, -0.05) is 13.0 Å².